The Bertz CT molecular complexity index is 1410. The lowest BCUT2D eigenvalue weighted by Crippen LogP contribution is -2.46. The van der Waals surface area contributed by atoms with Crippen LogP contribution in [0.25, 0.3) is 21.4 Å². The van der Waals surface area contributed by atoms with Crippen LogP contribution in [0.1, 0.15) is 51.5 Å². The van der Waals surface area contributed by atoms with E-state index in [2.05, 4.69) is 10.3 Å². The van der Waals surface area contributed by atoms with E-state index in [1.54, 1.807) is 17.6 Å². The number of carbonyl (C=O) groups excluding carboxylic acids is 2. The third-order valence-corrected chi connectivity index (χ3v) is 8.76. The van der Waals surface area contributed by atoms with Crippen LogP contribution in [0.4, 0.5) is 0 Å². The highest BCUT2D eigenvalue weighted by molar-refractivity contribution is 7.15. The average molecular weight is 500 g/mol. The molecular formula is C29H29N3O3S. The molecule has 2 aromatic heterocycles. The van der Waals surface area contributed by atoms with Crippen LogP contribution in [-0.4, -0.2) is 40.8 Å². The minimum Gasteiger partial charge on any atom is -0.464 e. The Morgan fingerprint density at radius 2 is 1.92 bits per heavy atom. The van der Waals surface area contributed by atoms with E-state index in [0.29, 0.717) is 35.2 Å². The van der Waals surface area contributed by atoms with Crippen molar-refractivity contribution >= 4 is 34.1 Å². The molecule has 1 aliphatic carbocycles. The zero-order valence-corrected chi connectivity index (χ0v) is 21.1. The maximum Gasteiger partial charge on any atom is 0.274 e. The van der Waals surface area contributed by atoms with Gasteiger partial charge in [0, 0.05) is 18.5 Å². The molecule has 1 saturated carbocycles. The van der Waals surface area contributed by atoms with E-state index >= 15 is 0 Å². The van der Waals surface area contributed by atoms with Crippen molar-refractivity contribution < 1.29 is 14.0 Å². The van der Waals surface area contributed by atoms with E-state index in [0.717, 1.165) is 40.2 Å². The Kier molecular flexibility index (Phi) is 6.09. The Morgan fingerprint density at radius 1 is 1.08 bits per heavy atom. The molecule has 0 bridgehead atoms. The first-order valence-electron chi connectivity index (χ1n) is 12.7. The van der Waals surface area contributed by atoms with Crippen molar-refractivity contribution in [3.05, 3.63) is 77.1 Å². The van der Waals surface area contributed by atoms with E-state index in [1.807, 2.05) is 66.4 Å². The van der Waals surface area contributed by atoms with Crippen LogP contribution >= 0.6 is 11.3 Å². The molecule has 0 radical (unpaired) electrons. The van der Waals surface area contributed by atoms with Gasteiger partial charge in [-0.25, -0.2) is 4.98 Å². The third-order valence-electron chi connectivity index (χ3n) is 7.74. The number of benzene rings is 2. The zero-order chi connectivity index (χ0) is 24.6. The third kappa shape index (κ3) is 4.11. The number of aryl methyl sites for hydroxylation is 1. The molecule has 1 N–H and O–H groups in total. The van der Waals surface area contributed by atoms with Gasteiger partial charge in [0.2, 0.25) is 0 Å². The average Bonchev–Trinajstić information content (AvgIpc) is 3.64. The Labute approximate surface area is 214 Å². The second-order valence-electron chi connectivity index (χ2n) is 9.86. The Hall–Kier alpha value is -3.45. The molecule has 7 heteroatoms. The van der Waals surface area contributed by atoms with Gasteiger partial charge in [0.25, 0.3) is 11.8 Å². The number of carbonyl (C=O) groups is 2. The molecule has 2 fully saturated rings. The van der Waals surface area contributed by atoms with Gasteiger partial charge < -0.3 is 14.6 Å². The molecule has 1 saturated heterocycles. The van der Waals surface area contributed by atoms with Crippen LogP contribution in [0, 0.1) is 18.8 Å². The summed E-state index contributed by atoms with van der Waals surface area (Å²) in [5, 5.41) is 4.83. The van der Waals surface area contributed by atoms with E-state index in [4.69, 9.17) is 4.42 Å². The van der Waals surface area contributed by atoms with Crippen LogP contribution in [-0.2, 0) is 0 Å². The summed E-state index contributed by atoms with van der Waals surface area (Å²) in [4.78, 5) is 34.8. The van der Waals surface area contributed by atoms with Gasteiger partial charge in [0.1, 0.15) is 11.3 Å². The molecule has 184 valence electrons. The standard InChI is InChI=1S/C29H29N3O3S/c1-18-31-26(27(36-18)19-8-3-2-4-9-19)29(34)32-17-20-10-5-6-11-21(20)24(32)16-30-28(33)23-12-7-13-25-22(23)14-15-35-25/h2-4,7-9,12-15,20-21,24H,5-6,10-11,16-17H2,1H3,(H,30,33)/t20-,21-,24+/m0/s1. The number of aromatic nitrogens is 1. The van der Waals surface area contributed by atoms with Crippen molar-refractivity contribution in [1.82, 2.24) is 15.2 Å². The second-order valence-corrected chi connectivity index (χ2v) is 11.1. The molecule has 2 aromatic carbocycles. The first kappa shape index (κ1) is 23.0. The number of hydrogen-bond acceptors (Lipinski definition) is 5. The van der Waals surface area contributed by atoms with E-state index in [9.17, 15) is 9.59 Å². The highest BCUT2D eigenvalue weighted by Gasteiger charge is 2.45. The number of likely N-dealkylation sites (tertiary alicyclic amines) is 1. The van der Waals surface area contributed by atoms with Crippen LogP contribution in [0.2, 0.25) is 0 Å². The molecule has 0 unspecified atom stereocenters. The van der Waals surface area contributed by atoms with Crippen molar-refractivity contribution in [1.29, 1.82) is 0 Å². The first-order valence-corrected chi connectivity index (χ1v) is 13.5. The normalized spacial score (nSPS) is 21.5. The fourth-order valence-electron chi connectivity index (χ4n) is 6.06. The van der Waals surface area contributed by atoms with Crippen molar-refractivity contribution in [2.45, 2.75) is 38.6 Å². The molecule has 4 aromatic rings. The van der Waals surface area contributed by atoms with Gasteiger partial charge in [-0.3, -0.25) is 9.59 Å². The molecule has 3 heterocycles. The molecule has 2 amide bonds. The summed E-state index contributed by atoms with van der Waals surface area (Å²) in [5.74, 6) is 0.710. The summed E-state index contributed by atoms with van der Waals surface area (Å²) in [6.07, 6.45) is 6.21. The quantitative estimate of drug-likeness (QED) is 0.370. The van der Waals surface area contributed by atoms with Crippen molar-refractivity contribution in [3.63, 3.8) is 0 Å². The lowest BCUT2D eigenvalue weighted by Gasteiger charge is -2.30. The summed E-state index contributed by atoms with van der Waals surface area (Å²) in [6.45, 7) is 3.11. The number of thiazole rings is 1. The molecule has 1 aliphatic heterocycles. The smallest absolute Gasteiger partial charge is 0.274 e. The molecule has 36 heavy (non-hydrogen) atoms. The number of rotatable bonds is 5. The van der Waals surface area contributed by atoms with E-state index in [-0.39, 0.29) is 17.9 Å². The summed E-state index contributed by atoms with van der Waals surface area (Å²) in [6, 6.07) is 17.3. The molecule has 2 aliphatic rings. The maximum atomic E-state index is 14.0. The number of nitrogens with one attached hydrogen (secondary N) is 1. The summed E-state index contributed by atoms with van der Waals surface area (Å²) >= 11 is 1.56. The lowest BCUT2D eigenvalue weighted by molar-refractivity contribution is 0.0699. The van der Waals surface area contributed by atoms with Crippen molar-refractivity contribution in [2.24, 2.45) is 11.8 Å². The van der Waals surface area contributed by atoms with E-state index in [1.165, 1.54) is 12.8 Å². The Balaban J connectivity index is 1.28. The Morgan fingerprint density at radius 3 is 2.78 bits per heavy atom. The zero-order valence-electron chi connectivity index (χ0n) is 20.3. The van der Waals surface area contributed by atoms with Crippen LogP contribution in [0.3, 0.4) is 0 Å². The number of furan rings is 1. The lowest BCUT2D eigenvalue weighted by atomic mass is 9.78. The molecule has 6 rings (SSSR count). The van der Waals surface area contributed by atoms with Gasteiger partial charge in [-0.1, -0.05) is 49.2 Å². The van der Waals surface area contributed by atoms with Crippen molar-refractivity contribution in [2.75, 3.05) is 13.1 Å². The fraction of sp³-hybridized carbons (Fsp3) is 0.345. The number of fused-ring (bicyclic) bond motifs is 2. The summed E-state index contributed by atoms with van der Waals surface area (Å²) < 4.78 is 5.47. The predicted molar refractivity (Wildman–Crippen MR) is 141 cm³/mol. The molecule has 3 atom stereocenters. The highest BCUT2D eigenvalue weighted by atomic mass is 32.1. The SMILES string of the molecule is Cc1nc(C(=O)N2C[C@@H]3CCCC[C@@H]3[C@H]2CNC(=O)c2cccc3occc23)c(-c2ccccc2)s1. The fourth-order valence-corrected chi connectivity index (χ4v) is 6.98. The summed E-state index contributed by atoms with van der Waals surface area (Å²) in [7, 11) is 0. The van der Waals surface area contributed by atoms with E-state index < -0.39 is 0 Å². The number of nitrogens with zero attached hydrogens (tertiary/aromatic N) is 2. The molecule has 0 spiro atoms. The van der Waals surface area contributed by atoms with Gasteiger partial charge in [0.15, 0.2) is 0 Å². The summed E-state index contributed by atoms with van der Waals surface area (Å²) in [5.41, 5.74) is 2.83. The van der Waals surface area contributed by atoms with Gasteiger partial charge >= 0.3 is 0 Å². The van der Waals surface area contributed by atoms with Gasteiger partial charge in [-0.05, 0) is 55.4 Å². The molecular weight excluding hydrogens is 470 g/mol. The topological polar surface area (TPSA) is 75.4 Å². The van der Waals surface area contributed by atoms with Gasteiger partial charge in [-0.15, -0.1) is 11.3 Å². The van der Waals surface area contributed by atoms with Gasteiger partial charge in [0.05, 0.1) is 27.8 Å². The number of hydrogen-bond donors (Lipinski definition) is 1. The van der Waals surface area contributed by atoms with Crippen molar-refractivity contribution in [3.8, 4) is 10.4 Å². The second kappa shape index (κ2) is 9.54. The minimum atomic E-state index is -0.136. The monoisotopic (exact) mass is 499 g/mol. The number of amides is 2. The van der Waals surface area contributed by atoms with Crippen LogP contribution in [0.15, 0.2) is 65.3 Å². The predicted octanol–water partition coefficient (Wildman–Crippen LogP) is 5.93. The van der Waals surface area contributed by atoms with Crippen LogP contribution in [0.5, 0.6) is 0 Å². The van der Waals surface area contributed by atoms with Crippen LogP contribution < -0.4 is 5.32 Å². The van der Waals surface area contributed by atoms with Gasteiger partial charge in [-0.2, -0.15) is 0 Å². The highest BCUT2D eigenvalue weighted by Crippen LogP contribution is 2.42. The largest absolute Gasteiger partial charge is 0.464 e. The molecule has 6 nitrogen and oxygen atoms in total. The first-order chi connectivity index (χ1) is 17.6. The maximum absolute atomic E-state index is 14.0. The minimum absolute atomic E-state index is 0.0243.